The zero-order valence-corrected chi connectivity index (χ0v) is 17.0. The summed E-state index contributed by atoms with van der Waals surface area (Å²) in [6, 6.07) is 0. The van der Waals surface area contributed by atoms with Gasteiger partial charge in [0.25, 0.3) is 0 Å². The summed E-state index contributed by atoms with van der Waals surface area (Å²) >= 11 is 4.32. The van der Waals surface area contributed by atoms with Gasteiger partial charge in [0.15, 0.2) is 0 Å². The maximum Gasteiger partial charge on any atom is 0.304 e. The monoisotopic (exact) mass is 358 g/mol. The van der Waals surface area contributed by atoms with Gasteiger partial charge in [-0.15, -0.1) is 0 Å². The molecule has 0 aliphatic carbocycles. The summed E-state index contributed by atoms with van der Waals surface area (Å²) in [5.74, 6) is -0.730. The molecule has 0 aliphatic rings. The molecule has 0 saturated carbocycles. The summed E-state index contributed by atoms with van der Waals surface area (Å²) in [5, 5.41) is 8.71. The van der Waals surface area contributed by atoms with Gasteiger partial charge < -0.3 is 5.11 Å². The molecule has 1 N–H and O–H groups in total. The predicted octanol–water partition coefficient (Wildman–Crippen LogP) is 7.41. The summed E-state index contributed by atoms with van der Waals surface area (Å²) in [5.41, 5.74) is 0. The number of hydrogen-bond acceptors (Lipinski definition) is 2. The number of carboxylic acid groups (broad SMARTS) is 1. The second-order valence-electron chi connectivity index (χ2n) is 7.34. The average Bonchev–Trinajstić information content (AvgIpc) is 2.53. The van der Waals surface area contributed by atoms with Gasteiger partial charge in [-0.3, -0.25) is 4.79 Å². The third kappa shape index (κ3) is 19.9. The van der Waals surface area contributed by atoms with Crippen molar-refractivity contribution in [1.29, 1.82) is 0 Å². The summed E-state index contributed by atoms with van der Waals surface area (Å²) < 4.78 is 0. The normalized spacial score (nSPS) is 12.4. The Kier molecular flexibility index (Phi) is 19.0. The summed E-state index contributed by atoms with van der Waals surface area (Å²) in [6.45, 7) is 2.28. The first-order valence-corrected chi connectivity index (χ1v) is 11.1. The minimum atomic E-state index is -0.730. The van der Waals surface area contributed by atoms with Gasteiger partial charge in [-0.25, -0.2) is 0 Å². The first kappa shape index (κ1) is 23.8. The number of rotatable bonds is 19. The molecule has 0 rings (SSSR count). The molecular weight excluding hydrogens is 316 g/mol. The molecule has 0 saturated heterocycles. The summed E-state index contributed by atoms with van der Waals surface area (Å²) in [4.78, 5) is 10.5. The van der Waals surface area contributed by atoms with Crippen LogP contribution in [0.15, 0.2) is 0 Å². The molecule has 0 fully saturated rings. The van der Waals surface area contributed by atoms with Crippen LogP contribution in [0.4, 0.5) is 0 Å². The Labute approximate surface area is 156 Å². The Morgan fingerprint density at radius 1 is 0.708 bits per heavy atom. The molecule has 0 spiro atoms. The second-order valence-corrected chi connectivity index (χ2v) is 8.07. The fourth-order valence-corrected chi connectivity index (χ4v) is 3.57. The third-order valence-corrected chi connectivity index (χ3v) is 5.24. The fourth-order valence-electron chi connectivity index (χ4n) is 3.23. The number of hydrogen-bond donors (Lipinski definition) is 2. The first-order valence-electron chi connectivity index (χ1n) is 10.6. The van der Waals surface area contributed by atoms with Crippen molar-refractivity contribution in [3.8, 4) is 0 Å². The lowest BCUT2D eigenvalue weighted by atomic mass is 10.0. The molecule has 0 aliphatic heterocycles. The molecule has 1 atom stereocenters. The van der Waals surface area contributed by atoms with Gasteiger partial charge in [-0.05, 0) is 6.42 Å². The van der Waals surface area contributed by atoms with Crippen molar-refractivity contribution in [3.05, 3.63) is 0 Å². The van der Waals surface area contributed by atoms with Crippen LogP contribution in [0.25, 0.3) is 0 Å². The van der Waals surface area contributed by atoms with Crippen molar-refractivity contribution in [3.63, 3.8) is 0 Å². The van der Waals surface area contributed by atoms with Gasteiger partial charge in [-0.1, -0.05) is 110 Å². The molecule has 24 heavy (non-hydrogen) atoms. The highest BCUT2D eigenvalue weighted by Gasteiger charge is 2.07. The van der Waals surface area contributed by atoms with E-state index in [9.17, 15) is 4.79 Å². The molecule has 1 unspecified atom stereocenters. The molecule has 0 bridgehead atoms. The lowest BCUT2D eigenvalue weighted by molar-refractivity contribution is -0.137. The third-order valence-electron chi connectivity index (χ3n) is 4.80. The molecule has 0 radical (unpaired) electrons. The van der Waals surface area contributed by atoms with E-state index in [2.05, 4.69) is 19.6 Å². The fraction of sp³-hybridized carbons (Fsp3) is 0.952. The topological polar surface area (TPSA) is 37.3 Å². The van der Waals surface area contributed by atoms with E-state index in [0.29, 0.717) is 0 Å². The zero-order valence-electron chi connectivity index (χ0n) is 16.1. The molecule has 0 aromatic carbocycles. The molecule has 144 valence electrons. The number of thiol groups is 1. The lowest BCUT2D eigenvalue weighted by Gasteiger charge is -2.07. The van der Waals surface area contributed by atoms with Crippen molar-refractivity contribution in [2.24, 2.45) is 0 Å². The van der Waals surface area contributed by atoms with Crippen LogP contribution in [0.5, 0.6) is 0 Å². The molecule has 0 aromatic heterocycles. The van der Waals surface area contributed by atoms with E-state index in [0.717, 1.165) is 12.8 Å². The smallest absolute Gasteiger partial charge is 0.304 e. The van der Waals surface area contributed by atoms with Gasteiger partial charge in [0.05, 0.1) is 6.42 Å². The van der Waals surface area contributed by atoms with Crippen molar-refractivity contribution >= 4 is 18.6 Å². The van der Waals surface area contributed by atoms with E-state index in [4.69, 9.17) is 5.11 Å². The van der Waals surface area contributed by atoms with Crippen molar-refractivity contribution < 1.29 is 9.90 Å². The van der Waals surface area contributed by atoms with E-state index < -0.39 is 5.97 Å². The quantitative estimate of drug-likeness (QED) is 0.186. The van der Waals surface area contributed by atoms with Crippen molar-refractivity contribution in [2.45, 2.75) is 128 Å². The Morgan fingerprint density at radius 2 is 1.04 bits per heavy atom. The number of aliphatic carboxylic acids is 1. The molecule has 2 nitrogen and oxygen atoms in total. The number of unbranched alkanes of at least 4 members (excludes halogenated alkanes) is 15. The SMILES string of the molecule is CCCCCCCCCCCCCCCCCCC(S)CC(=O)O. The van der Waals surface area contributed by atoms with E-state index in [1.807, 2.05) is 0 Å². The molecule has 0 amide bonds. The van der Waals surface area contributed by atoms with Gasteiger partial charge in [0, 0.05) is 5.25 Å². The predicted molar refractivity (Wildman–Crippen MR) is 109 cm³/mol. The number of carbonyl (C=O) groups is 1. The van der Waals surface area contributed by atoms with E-state index in [1.165, 1.54) is 96.3 Å². The van der Waals surface area contributed by atoms with E-state index >= 15 is 0 Å². The summed E-state index contributed by atoms with van der Waals surface area (Å²) in [6.07, 6.45) is 23.1. The van der Waals surface area contributed by atoms with Gasteiger partial charge in [0.1, 0.15) is 0 Å². The van der Waals surface area contributed by atoms with Crippen LogP contribution in [-0.2, 0) is 4.79 Å². The van der Waals surface area contributed by atoms with Crippen LogP contribution in [-0.4, -0.2) is 16.3 Å². The molecule has 3 heteroatoms. The highest BCUT2D eigenvalue weighted by molar-refractivity contribution is 7.81. The molecule has 0 aromatic rings. The van der Waals surface area contributed by atoms with Gasteiger partial charge >= 0.3 is 5.97 Å². The maximum absolute atomic E-state index is 10.5. The Balaban J connectivity index is 3.06. The highest BCUT2D eigenvalue weighted by Crippen LogP contribution is 2.16. The minimum absolute atomic E-state index is 0.0362. The first-order chi connectivity index (χ1) is 11.7. The van der Waals surface area contributed by atoms with Crippen LogP contribution in [0.3, 0.4) is 0 Å². The van der Waals surface area contributed by atoms with Crippen LogP contribution in [0.2, 0.25) is 0 Å². The van der Waals surface area contributed by atoms with Crippen molar-refractivity contribution in [1.82, 2.24) is 0 Å². The largest absolute Gasteiger partial charge is 0.481 e. The van der Waals surface area contributed by atoms with E-state index in [-0.39, 0.29) is 11.7 Å². The van der Waals surface area contributed by atoms with Crippen LogP contribution in [0, 0.1) is 0 Å². The zero-order chi connectivity index (χ0) is 17.9. The van der Waals surface area contributed by atoms with Crippen LogP contribution < -0.4 is 0 Å². The molecular formula is C21H42O2S. The lowest BCUT2D eigenvalue weighted by Crippen LogP contribution is -2.06. The van der Waals surface area contributed by atoms with E-state index in [1.54, 1.807) is 0 Å². The minimum Gasteiger partial charge on any atom is -0.481 e. The highest BCUT2D eigenvalue weighted by atomic mass is 32.1. The average molecular weight is 359 g/mol. The van der Waals surface area contributed by atoms with Crippen LogP contribution in [0.1, 0.15) is 122 Å². The van der Waals surface area contributed by atoms with Gasteiger partial charge in [0.2, 0.25) is 0 Å². The Bertz CT molecular complexity index is 269. The standard InChI is InChI=1S/C21H42O2S/c1-2-3-4-5-6-7-8-9-10-11-12-13-14-15-16-17-18-20(24)19-21(22)23/h20,24H,2-19H2,1H3,(H,22,23). The second kappa shape index (κ2) is 19.1. The van der Waals surface area contributed by atoms with Gasteiger partial charge in [-0.2, -0.15) is 12.6 Å². The van der Waals surface area contributed by atoms with Crippen molar-refractivity contribution in [2.75, 3.05) is 0 Å². The summed E-state index contributed by atoms with van der Waals surface area (Å²) in [7, 11) is 0. The number of carboxylic acids is 1. The Morgan fingerprint density at radius 3 is 1.38 bits per heavy atom. The molecule has 0 heterocycles. The Hall–Kier alpha value is -0.180. The maximum atomic E-state index is 10.5. The van der Waals surface area contributed by atoms with Crippen LogP contribution >= 0.6 is 12.6 Å².